The average Bonchev–Trinajstić information content (AvgIpc) is 2.59. The molecule has 0 bridgehead atoms. The van der Waals surface area contributed by atoms with Crippen LogP contribution < -0.4 is 0 Å². The van der Waals surface area contributed by atoms with Crippen LogP contribution in [0.1, 0.15) is 31.4 Å². The quantitative estimate of drug-likeness (QED) is 0.732. The van der Waals surface area contributed by atoms with Gasteiger partial charge in [0.15, 0.2) is 5.78 Å². The van der Waals surface area contributed by atoms with Crippen LogP contribution in [-0.2, 0) is 11.2 Å². The van der Waals surface area contributed by atoms with Crippen LogP contribution in [0, 0.1) is 5.92 Å². The fourth-order valence-electron chi connectivity index (χ4n) is 1.96. The van der Waals surface area contributed by atoms with E-state index in [1.807, 2.05) is 18.2 Å². The molecule has 1 aliphatic carbocycles. The number of ketones is 1. The number of carbonyl (C=O) groups is 1. The molecule has 1 nitrogen and oxygen atoms in total. The van der Waals surface area contributed by atoms with Gasteiger partial charge in [-0.1, -0.05) is 38.1 Å². The maximum absolute atomic E-state index is 11.9. The molecule has 0 fully saturated rings. The van der Waals surface area contributed by atoms with Crippen LogP contribution in [0.5, 0.6) is 0 Å². The summed E-state index contributed by atoms with van der Waals surface area (Å²) in [5.74, 6) is 0.753. The zero-order valence-corrected chi connectivity index (χ0v) is 9.29. The van der Waals surface area contributed by atoms with Gasteiger partial charge in [0.25, 0.3) is 0 Å². The van der Waals surface area contributed by atoms with Crippen molar-refractivity contribution in [3.8, 4) is 0 Å². The normalized spacial score (nSPS) is 13.9. The fraction of sp³-hybridized carbons (Fsp3) is 0.357. The van der Waals surface area contributed by atoms with Crippen molar-refractivity contribution in [2.45, 2.75) is 26.7 Å². The van der Waals surface area contributed by atoms with Crippen LogP contribution in [0.2, 0.25) is 0 Å². The van der Waals surface area contributed by atoms with Crippen molar-refractivity contribution in [2.24, 2.45) is 5.92 Å². The van der Waals surface area contributed by atoms with E-state index in [-0.39, 0.29) is 0 Å². The van der Waals surface area contributed by atoms with Crippen molar-refractivity contribution in [2.75, 3.05) is 0 Å². The van der Waals surface area contributed by atoms with Gasteiger partial charge in [-0.2, -0.15) is 0 Å². The van der Waals surface area contributed by atoms with Gasteiger partial charge in [-0.3, -0.25) is 4.79 Å². The molecule has 2 rings (SSSR count). The second-order valence-corrected chi connectivity index (χ2v) is 4.57. The van der Waals surface area contributed by atoms with E-state index < -0.39 is 0 Å². The number of hydrogen-bond donors (Lipinski definition) is 0. The Morgan fingerprint density at radius 2 is 2.07 bits per heavy atom. The Morgan fingerprint density at radius 3 is 2.73 bits per heavy atom. The molecular formula is C14H16O. The van der Waals surface area contributed by atoms with Crippen LogP contribution >= 0.6 is 0 Å². The minimum absolute atomic E-state index is 0.307. The highest BCUT2D eigenvalue weighted by Gasteiger charge is 2.18. The lowest BCUT2D eigenvalue weighted by Gasteiger charge is -2.03. The van der Waals surface area contributed by atoms with Crippen molar-refractivity contribution in [3.63, 3.8) is 0 Å². The highest BCUT2D eigenvalue weighted by molar-refractivity contribution is 6.01. The third kappa shape index (κ3) is 2.17. The lowest BCUT2D eigenvalue weighted by molar-refractivity contribution is -0.116. The van der Waals surface area contributed by atoms with Gasteiger partial charge in [0.2, 0.25) is 0 Å². The third-order valence-corrected chi connectivity index (χ3v) is 2.72. The van der Waals surface area contributed by atoms with E-state index in [1.54, 1.807) is 0 Å². The molecule has 1 aliphatic rings. The molecule has 0 heterocycles. The number of fused-ring (bicyclic) bond motifs is 1. The van der Waals surface area contributed by atoms with Crippen LogP contribution in [0.3, 0.4) is 0 Å². The Kier molecular flexibility index (Phi) is 2.72. The Bertz CT molecular complexity index is 413. The summed E-state index contributed by atoms with van der Waals surface area (Å²) in [7, 11) is 0. The Balaban J connectivity index is 2.14. The first-order chi connectivity index (χ1) is 7.16. The lowest BCUT2D eigenvalue weighted by Crippen LogP contribution is -2.06. The van der Waals surface area contributed by atoms with Crippen LogP contribution in [0.4, 0.5) is 0 Å². The summed E-state index contributed by atoms with van der Waals surface area (Å²) >= 11 is 0. The maximum Gasteiger partial charge on any atom is 0.159 e. The molecule has 0 saturated carbocycles. The van der Waals surface area contributed by atoms with Gasteiger partial charge in [0.1, 0.15) is 0 Å². The maximum atomic E-state index is 11.9. The van der Waals surface area contributed by atoms with E-state index in [9.17, 15) is 4.79 Å². The molecule has 0 aromatic heterocycles. The molecule has 0 saturated heterocycles. The van der Waals surface area contributed by atoms with E-state index in [0.717, 1.165) is 12.0 Å². The fourth-order valence-corrected chi connectivity index (χ4v) is 1.96. The predicted octanol–water partition coefficient (Wildman–Crippen LogP) is 3.24. The number of rotatable bonds is 3. The minimum Gasteiger partial charge on any atom is -0.295 e. The molecule has 15 heavy (non-hydrogen) atoms. The van der Waals surface area contributed by atoms with Crippen molar-refractivity contribution in [1.82, 2.24) is 0 Å². The van der Waals surface area contributed by atoms with Crippen LogP contribution in [0.15, 0.2) is 29.8 Å². The number of carbonyl (C=O) groups excluding carboxylic acids is 1. The molecule has 1 aromatic rings. The second kappa shape index (κ2) is 4.01. The van der Waals surface area contributed by atoms with Crippen molar-refractivity contribution in [1.29, 1.82) is 0 Å². The topological polar surface area (TPSA) is 17.1 Å². The van der Waals surface area contributed by atoms with Gasteiger partial charge in [-0.15, -0.1) is 0 Å². The SMILES string of the molecule is CC(C)CC(=O)C1=Cc2ccccc2C1. The zero-order valence-electron chi connectivity index (χ0n) is 9.29. The number of allylic oxidation sites excluding steroid dienone is 1. The third-order valence-electron chi connectivity index (χ3n) is 2.72. The Hall–Kier alpha value is -1.37. The van der Waals surface area contributed by atoms with Gasteiger partial charge in [-0.25, -0.2) is 0 Å². The molecule has 0 spiro atoms. The smallest absolute Gasteiger partial charge is 0.159 e. The first-order valence-corrected chi connectivity index (χ1v) is 5.48. The summed E-state index contributed by atoms with van der Waals surface area (Å²) in [4.78, 5) is 11.9. The van der Waals surface area contributed by atoms with Crippen molar-refractivity contribution < 1.29 is 4.79 Å². The van der Waals surface area contributed by atoms with E-state index in [2.05, 4.69) is 26.0 Å². The molecule has 1 heteroatoms. The minimum atomic E-state index is 0.307. The first kappa shape index (κ1) is 10.2. The van der Waals surface area contributed by atoms with Crippen molar-refractivity contribution in [3.05, 3.63) is 41.0 Å². The van der Waals surface area contributed by atoms with Gasteiger partial charge in [0, 0.05) is 18.4 Å². The summed E-state index contributed by atoms with van der Waals surface area (Å²) in [5.41, 5.74) is 3.47. The molecule has 0 amide bonds. The molecule has 0 radical (unpaired) electrons. The van der Waals surface area contributed by atoms with E-state index in [4.69, 9.17) is 0 Å². The molecular weight excluding hydrogens is 184 g/mol. The largest absolute Gasteiger partial charge is 0.295 e. The Labute approximate surface area is 90.8 Å². The van der Waals surface area contributed by atoms with Crippen molar-refractivity contribution >= 4 is 11.9 Å². The lowest BCUT2D eigenvalue weighted by atomic mass is 10.00. The Morgan fingerprint density at radius 1 is 1.33 bits per heavy atom. The zero-order chi connectivity index (χ0) is 10.8. The van der Waals surface area contributed by atoms with E-state index >= 15 is 0 Å². The molecule has 0 atom stereocenters. The van der Waals surface area contributed by atoms with Crippen LogP contribution in [0.25, 0.3) is 6.08 Å². The average molecular weight is 200 g/mol. The standard InChI is InChI=1S/C14H16O/c1-10(2)7-14(15)13-8-11-5-3-4-6-12(11)9-13/h3-6,8,10H,7,9H2,1-2H3. The molecule has 0 unspecified atom stereocenters. The molecule has 0 N–H and O–H groups in total. The van der Waals surface area contributed by atoms with Gasteiger partial charge in [0.05, 0.1) is 0 Å². The molecule has 78 valence electrons. The number of benzene rings is 1. The summed E-state index contributed by atoms with van der Waals surface area (Å²) in [6, 6.07) is 8.22. The highest BCUT2D eigenvalue weighted by atomic mass is 16.1. The van der Waals surface area contributed by atoms with Gasteiger partial charge < -0.3 is 0 Å². The summed E-state index contributed by atoms with van der Waals surface area (Å²) in [5, 5.41) is 0. The van der Waals surface area contributed by atoms with Crippen LogP contribution in [-0.4, -0.2) is 5.78 Å². The number of Topliss-reactive ketones (excluding diaryl/α,β-unsaturated/α-hetero) is 1. The second-order valence-electron chi connectivity index (χ2n) is 4.57. The molecule has 0 aliphatic heterocycles. The van der Waals surface area contributed by atoms with E-state index in [1.165, 1.54) is 11.1 Å². The summed E-state index contributed by atoms with van der Waals surface area (Å²) < 4.78 is 0. The van der Waals surface area contributed by atoms with Gasteiger partial charge in [-0.05, 0) is 23.1 Å². The monoisotopic (exact) mass is 200 g/mol. The summed E-state index contributed by atoms with van der Waals surface area (Å²) in [6.45, 7) is 4.17. The molecule has 1 aromatic carbocycles. The number of hydrogen-bond acceptors (Lipinski definition) is 1. The predicted molar refractivity (Wildman–Crippen MR) is 62.6 cm³/mol. The van der Waals surface area contributed by atoms with Gasteiger partial charge >= 0.3 is 0 Å². The van der Waals surface area contributed by atoms with E-state index in [0.29, 0.717) is 18.1 Å². The first-order valence-electron chi connectivity index (χ1n) is 5.48. The summed E-state index contributed by atoms with van der Waals surface area (Å²) in [6.07, 6.45) is 3.53. The highest BCUT2D eigenvalue weighted by Crippen LogP contribution is 2.26.